The minimum Gasteiger partial charge on any atom is -0.324 e. The third kappa shape index (κ3) is 3.56. The number of nitrogens with zero attached hydrogens (tertiary/aromatic N) is 3. The van der Waals surface area contributed by atoms with Crippen LogP contribution in [-0.2, 0) is 6.18 Å². The molecule has 5 nitrogen and oxygen atoms in total. The summed E-state index contributed by atoms with van der Waals surface area (Å²) in [6.07, 6.45) is -3.42. The van der Waals surface area contributed by atoms with Gasteiger partial charge in [-0.1, -0.05) is 28.1 Å². The monoisotopic (exact) mass is 397 g/mol. The molecule has 0 spiro atoms. The van der Waals surface area contributed by atoms with E-state index >= 15 is 0 Å². The fraction of sp³-hybridized carbons (Fsp3) is 0.133. The van der Waals surface area contributed by atoms with Gasteiger partial charge < -0.3 is 10.3 Å². The van der Waals surface area contributed by atoms with Crippen molar-refractivity contribution in [2.24, 2.45) is 0 Å². The van der Waals surface area contributed by atoms with Gasteiger partial charge in [0, 0.05) is 21.9 Å². The van der Waals surface area contributed by atoms with Gasteiger partial charge in [0.25, 0.3) is 0 Å². The van der Waals surface area contributed by atoms with Crippen molar-refractivity contribution >= 4 is 27.6 Å². The molecule has 0 unspecified atom stereocenters. The highest BCUT2D eigenvalue weighted by Gasteiger charge is 2.32. The number of benzene rings is 1. The highest BCUT2D eigenvalue weighted by molar-refractivity contribution is 9.10. The maximum atomic E-state index is 12.7. The molecule has 2 heterocycles. The maximum Gasteiger partial charge on any atom is 0.433 e. The first kappa shape index (κ1) is 16.4. The van der Waals surface area contributed by atoms with Crippen LogP contribution in [0.15, 0.2) is 41.0 Å². The lowest BCUT2D eigenvalue weighted by atomic mass is 10.1. The van der Waals surface area contributed by atoms with Gasteiger partial charge in [-0.15, -0.1) is 10.2 Å². The normalized spacial score (nSPS) is 11.5. The molecule has 0 aliphatic carbocycles. The highest BCUT2D eigenvalue weighted by Crippen LogP contribution is 2.29. The van der Waals surface area contributed by atoms with Crippen molar-refractivity contribution < 1.29 is 13.2 Å². The molecule has 0 aliphatic heterocycles. The van der Waals surface area contributed by atoms with E-state index < -0.39 is 11.9 Å². The minimum absolute atomic E-state index is 0.213. The van der Waals surface area contributed by atoms with E-state index in [1.54, 1.807) is 0 Å². The van der Waals surface area contributed by atoms with Crippen LogP contribution in [0.25, 0.3) is 11.4 Å². The first-order valence-corrected chi connectivity index (χ1v) is 7.62. The quantitative estimate of drug-likeness (QED) is 0.671. The van der Waals surface area contributed by atoms with E-state index in [1.807, 2.05) is 25.1 Å². The van der Waals surface area contributed by atoms with Crippen LogP contribution < -0.4 is 5.32 Å². The third-order valence-electron chi connectivity index (χ3n) is 3.25. The largest absolute Gasteiger partial charge is 0.433 e. The summed E-state index contributed by atoms with van der Waals surface area (Å²) in [5, 5.41) is 10.6. The van der Waals surface area contributed by atoms with Gasteiger partial charge in [-0.3, -0.25) is 4.98 Å². The lowest BCUT2D eigenvalue weighted by Gasteiger charge is -2.07. The maximum absolute atomic E-state index is 12.7. The zero-order chi connectivity index (χ0) is 17.3. The summed E-state index contributed by atoms with van der Waals surface area (Å²) in [5.74, 6) is 0.740. The molecule has 0 saturated heterocycles. The Labute approximate surface area is 143 Å². The molecule has 0 amide bonds. The van der Waals surface area contributed by atoms with Crippen LogP contribution in [0.4, 0.5) is 24.8 Å². The Morgan fingerprint density at radius 2 is 1.92 bits per heavy atom. The van der Waals surface area contributed by atoms with Crippen LogP contribution in [-0.4, -0.2) is 20.2 Å². The fourth-order valence-electron chi connectivity index (χ4n) is 1.99. The number of pyridine rings is 1. The number of aromatic nitrogens is 4. The molecule has 0 bridgehead atoms. The molecule has 0 radical (unpaired) electrons. The third-order valence-corrected chi connectivity index (χ3v) is 4.10. The van der Waals surface area contributed by atoms with Crippen LogP contribution in [0.5, 0.6) is 0 Å². The Morgan fingerprint density at radius 3 is 2.62 bits per heavy atom. The number of hydrogen-bond acceptors (Lipinski definition) is 4. The van der Waals surface area contributed by atoms with Gasteiger partial charge in [-0.2, -0.15) is 13.2 Å². The first-order chi connectivity index (χ1) is 11.3. The van der Waals surface area contributed by atoms with E-state index in [-0.39, 0.29) is 11.6 Å². The summed E-state index contributed by atoms with van der Waals surface area (Å²) >= 11 is 3.44. The second-order valence-electron chi connectivity index (χ2n) is 5.04. The summed E-state index contributed by atoms with van der Waals surface area (Å²) in [7, 11) is 0. The predicted octanol–water partition coefficient (Wildman–Crippen LogP) is 4.70. The summed E-state index contributed by atoms with van der Waals surface area (Å²) in [6.45, 7) is 1.96. The van der Waals surface area contributed by atoms with Crippen molar-refractivity contribution in [2.75, 3.05) is 5.32 Å². The Bertz CT molecular complexity index is 876. The molecule has 124 valence electrons. The van der Waals surface area contributed by atoms with E-state index in [4.69, 9.17) is 0 Å². The van der Waals surface area contributed by atoms with Crippen LogP contribution in [0, 0.1) is 6.92 Å². The molecular weight excluding hydrogens is 387 g/mol. The van der Waals surface area contributed by atoms with Crippen LogP contribution >= 0.6 is 15.9 Å². The molecule has 1 aromatic carbocycles. The van der Waals surface area contributed by atoms with Crippen molar-refractivity contribution in [1.29, 1.82) is 0 Å². The number of aromatic amines is 1. The van der Waals surface area contributed by atoms with Crippen molar-refractivity contribution in [3.63, 3.8) is 0 Å². The SMILES string of the molecule is Cc1ccc(-c2nnc(Nc3ccnc(C(F)(F)F)c3)[nH]2)cc1Br. The number of alkyl halides is 3. The molecule has 9 heteroatoms. The van der Waals surface area contributed by atoms with E-state index in [1.165, 1.54) is 6.07 Å². The van der Waals surface area contributed by atoms with Gasteiger partial charge in [0.15, 0.2) is 5.82 Å². The molecule has 0 aliphatic rings. The number of aryl methyl sites for hydroxylation is 1. The molecular formula is C15H11BrF3N5. The molecule has 0 atom stereocenters. The highest BCUT2D eigenvalue weighted by atomic mass is 79.9. The molecule has 3 aromatic rings. The lowest BCUT2D eigenvalue weighted by Crippen LogP contribution is -2.08. The number of nitrogens with one attached hydrogen (secondary N) is 2. The van der Waals surface area contributed by atoms with Crippen LogP contribution in [0.2, 0.25) is 0 Å². The average Bonchev–Trinajstić information content (AvgIpc) is 2.98. The zero-order valence-corrected chi connectivity index (χ0v) is 13.9. The van der Waals surface area contributed by atoms with Crippen LogP contribution in [0.1, 0.15) is 11.3 Å². The summed E-state index contributed by atoms with van der Waals surface area (Å²) in [4.78, 5) is 6.23. The van der Waals surface area contributed by atoms with E-state index in [0.29, 0.717) is 5.82 Å². The summed E-state index contributed by atoms with van der Waals surface area (Å²) in [6, 6.07) is 8.00. The predicted molar refractivity (Wildman–Crippen MR) is 86.8 cm³/mol. The summed E-state index contributed by atoms with van der Waals surface area (Å²) in [5.41, 5.74) is 1.12. The van der Waals surface area contributed by atoms with Crippen LogP contribution in [0.3, 0.4) is 0 Å². The number of rotatable bonds is 3. The number of halogens is 4. The van der Waals surface area contributed by atoms with E-state index in [2.05, 4.69) is 41.4 Å². The average molecular weight is 398 g/mol. The smallest absolute Gasteiger partial charge is 0.324 e. The van der Waals surface area contributed by atoms with Gasteiger partial charge in [0.1, 0.15) is 5.69 Å². The van der Waals surface area contributed by atoms with Gasteiger partial charge in [0.2, 0.25) is 5.95 Å². The minimum atomic E-state index is -4.50. The second kappa shape index (κ2) is 6.23. The molecule has 2 N–H and O–H groups in total. The molecule has 0 saturated carbocycles. The zero-order valence-electron chi connectivity index (χ0n) is 12.3. The standard InChI is InChI=1S/C15H11BrF3N5/c1-8-2-3-9(6-11(8)16)13-22-14(24-23-13)21-10-4-5-20-12(7-10)15(17,18)19/h2-7H,1H3,(H2,20,21,22,23,24). The topological polar surface area (TPSA) is 66.5 Å². The van der Waals surface area contributed by atoms with Crippen molar-refractivity contribution in [3.05, 3.63) is 52.3 Å². The van der Waals surface area contributed by atoms with Gasteiger partial charge in [-0.05, 0) is 30.7 Å². The lowest BCUT2D eigenvalue weighted by molar-refractivity contribution is -0.141. The Morgan fingerprint density at radius 1 is 1.12 bits per heavy atom. The Balaban J connectivity index is 1.83. The second-order valence-corrected chi connectivity index (χ2v) is 5.89. The van der Waals surface area contributed by atoms with Gasteiger partial charge >= 0.3 is 6.18 Å². The number of anilines is 2. The number of H-pyrrole nitrogens is 1. The van der Waals surface area contributed by atoms with E-state index in [0.717, 1.165) is 27.9 Å². The molecule has 24 heavy (non-hydrogen) atoms. The van der Waals surface area contributed by atoms with Gasteiger partial charge in [0.05, 0.1) is 0 Å². The van der Waals surface area contributed by atoms with Crippen molar-refractivity contribution in [1.82, 2.24) is 20.2 Å². The summed E-state index contributed by atoms with van der Waals surface area (Å²) < 4.78 is 38.9. The molecule has 3 rings (SSSR count). The van der Waals surface area contributed by atoms with Gasteiger partial charge in [-0.25, -0.2) is 0 Å². The molecule has 0 fully saturated rings. The molecule has 2 aromatic heterocycles. The fourth-order valence-corrected chi connectivity index (χ4v) is 2.37. The number of hydrogen-bond donors (Lipinski definition) is 2. The Kier molecular flexibility index (Phi) is 4.27. The van der Waals surface area contributed by atoms with Crippen molar-refractivity contribution in [2.45, 2.75) is 13.1 Å². The Hall–Kier alpha value is -2.42. The van der Waals surface area contributed by atoms with Crippen molar-refractivity contribution in [3.8, 4) is 11.4 Å². The van der Waals surface area contributed by atoms with E-state index in [9.17, 15) is 13.2 Å². The first-order valence-electron chi connectivity index (χ1n) is 6.82.